The molecule has 0 aliphatic heterocycles. The maximum Gasteiger partial charge on any atom is 0.231 e. The summed E-state index contributed by atoms with van der Waals surface area (Å²) in [4.78, 5) is 9.22. The van der Waals surface area contributed by atoms with Gasteiger partial charge < -0.3 is 8.85 Å². The molecule has 0 saturated heterocycles. The van der Waals surface area contributed by atoms with Crippen molar-refractivity contribution in [2.45, 2.75) is 38.0 Å². The third kappa shape index (κ3) is 9.16. The van der Waals surface area contributed by atoms with Crippen molar-refractivity contribution in [3.63, 3.8) is 0 Å². The molecule has 0 bridgehead atoms. The van der Waals surface area contributed by atoms with E-state index < -0.39 is 16.6 Å². The van der Waals surface area contributed by atoms with Gasteiger partial charge in [-0.05, 0) is 96.9 Å². The Balaban J connectivity index is 1.42. The molecular weight excluding hydrogens is 621 g/mol. The van der Waals surface area contributed by atoms with E-state index in [-0.39, 0.29) is 0 Å². The quantitative estimate of drug-likeness (QED) is 0.0733. The SMILES string of the molecule is C=CC[Si](CC=C)(OCC)c1ccc(C#Cc2ccc(-c3ccc(C#Cc4ccc([Si](CC=C)(CC=C)OCC)cc4)cn3)nc2)cc1. The van der Waals surface area contributed by atoms with E-state index in [2.05, 4.69) is 108 Å². The van der Waals surface area contributed by atoms with Crippen molar-refractivity contribution in [3.05, 3.63) is 158 Å². The van der Waals surface area contributed by atoms with Gasteiger partial charge in [0.1, 0.15) is 0 Å². The average molecular weight is 665 g/mol. The highest BCUT2D eigenvalue weighted by Gasteiger charge is 2.35. The summed E-state index contributed by atoms with van der Waals surface area (Å²) in [6, 6.07) is 28.0. The monoisotopic (exact) mass is 664 g/mol. The van der Waals surface area contributed by atoms with Gasteiger partial charge in [-0.15, -0.1) is 26.3 Å². The molecule has 242 valence electrons. The summed E-state index contributed by atoms with van der Waals surface area (Å²) in [5.41, 5.74) is 5.11. The fraction of sp³-hybridized carbons (Fsp3) is 0.190. The molecule has 0 unspecified atom stereocenters. The first-order valence-corrected chi connectivity index (χ1v) is 21.0. The van der Waals surface area contributed by atoms with Gasteiger partial charge in [0.25, 0.3) is 0 Å². The summed E-state index contributed by atoms with van der Waals surface area (Å²) in [5.74, 6) is 13.0. The largest absolute Gasteiger partial charge is 0.412 e. The zero-order valence-corrected chi connectivity index (χ0v) is 30.2. The van der Waals surface area contributed by atoms with Crippen LogP contribution < -0.4 is 10.4 Å². The van der Waals surface area contributed by atoms with Gasteiger partial charge in [0.15, 0.2) is 0 Å². The zero-order chi connectivity index (χ0) is 34.2. The molecule has 4 nitrogen and oxygen atoms in total. The highest BCUT2D eigenvalue weighted by atomic mass is 28.4. The van der Waals surface area contributed by atoms with Gasteiger partial charge in [-0.1, -0.05) is 72.3 Å². The molecule has 0 saturated carbocycles. The first-order valence-electron chi connectivity index (χ1n) is 16.3. The number of hydrogen-bond acceptors (Lipinski definition) is 4. The second-order valence-corrected chi connectivity index (χ2v) is 18.7. The van der Waals surface area contributed by atoms with Gasteiger partial charge in [0, 0.05) is 47.9 Å². The van der Waals surface area contributed by atoms with E-state index in [1.54, 1.807) is 12.4 Å². The Morgan fingerprint density at radius 1 is 0.500 bits per heavy atom. The first kappa shape index (κ1) is 36.0. The molecule has 4 rings (SSSR count). The van der Waals surface area contributed by atoms with Crippen LogP contribution in [-0.2, 0) is 8.85 Å². The minimum Gasteiger partial charge on any atom is -0.412 e. The number of rotatable bonds is 15. The van der Waals surface area contributed by atoms with Crippen LogP contribution in [0.4, 0.5) is 0 Å². The normalized spacial score (nSPS) is 11.0. The van der Waals surface area contributed by atoms with Gasteiger partial charge >= 0.3 is 0 Å². The topological polar surface area (TPSA) is 44.2 Å². The highest BCUT2D eigenvalue weighted by Crippen LogP contribution is 2.21. The minimum atomic E-state index is -2.17. The van der Waals surface area contributed by atoms with Crippen LogP contribution in [0.15, 0.2) is 136 Å². The number of pyridine rings is 2. The van der Waals surface area contributed by atoms with Crippen LogP contribution in [0.5, 0.6) is 0 Å². The lowest BCUT2D eigenvalue weighted by atomic mass is 10.1. The minimum absolute atomic E-state index is 0.674. The summed E-state index contributed by atoms with van der Waals surface area (Å²) in [7, 11) is -4.35. The molecule has 0 aliphatic rings. The molecule has 0 amide bonds. The Morgan fingerprint density at radius 2 is 0.812 bits per heavy atom. The molecule has 2 aromatic carbocycles. The third-order valence-corrected chi connectivity index (χ3v) is 16.3. The van der Waals surface area contributed by atoms with Gasteiger partial charge in [0.05, 0.1) is 11.4 Å². The van der Waals surface area contributed by atoms with E-state index in [0.29, 0.717) is 13.2 Å². The Morgan fingerprint density at radius 3 is 1.08 bits per heavy atom. The Labute approximate surface area is 289 Å². The van der Waals surface area contributed by atoms with Crippen LogP contribution in [0.2, 0.25) is 24.2 Å². The predicted molar refractivity (Wildman–Crippen MR) is 206 cm³/mol. The molecule has 6 heteroatoms. The van der Waals surface area contributed by atoms with Crippen molar-refractivity contribution < 1.29 is 8.85 Å². The molecule has 0 spiro atoms. The third-order valence-electron chi connectivity index (χ3n) is 8.05. The van der Waals surface area contributed by atoms with Crippen LogP contribution in [0.1, 0.15) is 36.1 Å². The lowest BCUT2D eigenvalue weighted by molar-refractivity contribution is 0.333. The maximum atomic E-state index is 6.32. The molecule has 2 aromatic heterocycles. The molecule has 0 atom stereocenters. The standard InChI is InChI=1S/C42H44N2O2Si2/c1-7-29-47(30-8-2,45-11-5)39-23-17-35(18-24-39)13-15-37-21-27-41(43-33-37)42-28-22-38(34-44-42)16-14-36-19-25-40(26-20-36)48(31-9-3,32-10-4)46-12-6/h7-10,17-28,33-34H,1-4,11-12,29-32H2,5-6H3. The van der Waals surface area contributed by atoms with E-state index in [1.165, 1.54) is 10.4 Å². The molecule has 0 radical (unpaired) electrons. The van der Waals surface area contributed by atoms with Crippen LogP contribution in [0.3, 0.4) is 0 Å². The summed E-state index contributed by atoms with van der Waals surface area (Å²) in [5, 5.41) is 2.46. The predicted octanol–water partition coefficient (Wildman–Crippen LogP) is 8.07. The van der Waals surface area contributed by atoms with Crippen molar-refractivity contribution in [2.75, 3.05) is 13.2 Å². The summed E-state index contributed by atoms with van der Waals surface area (Å²) in [6.45, 7) is 21.3. The van der Waals surface area contributed by atoms with Gasteiger partial charge in [-0.3, -0.25) is 9.97 Å². The van der Waals surface area contributed by atoms with Gasteiger partial charge in [-0.2, -0.15) is 0 Å². The number of aromatic nitrogens is 2. The van der Waals surface area contributed by atoms with Crippen LogP contribution in [0.25, 0.3) is 11.4 Å². The van der Waals surface area contributed by atoms with Crippen molar-refractivity contribution in [1.82, 2.24) is 9.97 Å². The van der Waals surface area contributed by atoms with Crippen molar-refractivity contribution in [3.8, 4) is 35.1 Å². The zero-order valence-electron chi connectivity index (χ0n) is 28.2. The second-order valence-electron chi connectivity index (χ2n) is 11.3. The van der Waals surface area contributed by atoms with E-state index in [1.807, 2.05) is 62.4 Å². The molecule has 0 N–H and O–H groups in total. The second kappa shape index (κ2) is 17.9. The Hall–Kier alpha value is -4.83. The van der Waals surface area contributed by atoms with E-state index in [4.69, 9.17) is 8.85 Å². The molecule has 48 heavy (non-hydrogen) atoms. The number of benzene rings is 2. The first-order chi connectivity index (χ1) is 23.4. The van der Waals surface area contributed by atoms with Crippen molar-refractivity contribution in [1.29, 1.82) is 0 Å². The van der Waals surface area contributed by atoms with Crippen LogP contribution in [0, 0.1) is 23.7 Å². The number of nitrogens with zero attached hydrogens (tertiary/aromatic N) is 2. The van der Waals surface area contributed by atoms with Crippen LogP contribution in [-0.4, -0.2) is 39.8 Å². The van der Waals surface area contributed by atoms with E-state index >= 15 is 0 Å². The number of hydrogen-bond donors (Lipinski definition) is 0. The van der Waals surface area contributed by atoms with Crippen molar-refractivity contribution >= 4 is 27.0 Å². The van der Waals surface area contributed by atoms with Gasteiger partial charge in [-0.25, -0.2) is 0 Å². The smallest absolute Gasteiger partial charge is 0.231 e. The fourth-order valence-corrected chi connectivity index (χ4v) is 12.4. The summed E-state index contributed by atoms with van der Waals surface area (Å²) >= 11 is 0. The fourth-order valence-electron chi connectivity index (χ4n) is 5.77. The molecule has 4 aromatic rings. The summed E-state index contributed by atoms with van der Waals surface area (Å²) < 4.78 is 12.6. The van der Waals surface area contributed by atoms with Gasteiger partial charge in [0.2, 0.25) is 16.6 Å². The molecule has 0 aliphatic carbocycles. The number of allylic oxidation sites excluding steroid dienone is 4. The van der Waals surface area contributed by atoms with E-state index in [9.17, 15) is 0 Å². The lowest BCUT2D eigenvalue weighted by Crippen LogP contribution is -2.50. The van der Waals surface area contributed by atoms with Crippen LogP contribution >= 0.6 is 0 Å². The molecular formula is C42H44N2O2Si2. The maximum absolute atomic E-state index is 6.32. The summed E-state index contributed by atoms with van der Waals surface area (Å²) in [6.07, 6.45) is 11.4. The Bertz CT molecular complexity index is 1650. The molecule has 2 heterocycles. The van der Waals surface area contributed by atoms with E-state index in [0.717, 1.165) is 57.8 Å². The average Bonchev–Trinajstić information content (AvgIpc) is 3.11. The Kier molecular flexibility index (Phi) is 13.4. The van der Waals surface area contributed by atoms with Crippen molar-refractivity contribution in [2.24, 2.45) is 0 Å². The lowest BCUT2D eigenvalue weighted by Gasteiger charge is -2.29. The highest BCUT2D eigenvalue weighted by molar-refractivity contribution is 6.87. The molecule has 0 fully saturated rings.